The Morgan fingerprint density at radius 2 is 2.06 bits per heavy atom. The molecule has 0 aliphatic rings. The Kier molecular flexibility index (Phi) is 5.11. The quantitative estimate of drug-likeness (QED) is 0.758. The summed E-state index contributed by atoms with van der Waals surface area (Å²) in [6.45, 7) is 3.71. The van der Waals surface area contributed by atoms with Crippen LogP contribution in [0.5, 0.6) is 0 Å². The van der Waals surface area contributed by atoms with Gasteiger partial charge in [-0.3, -0.25) is 15.4 Å². The number of carbonyl (C=O) groups is 2. The van der Waals surface area contributed by atoms with E-state index in [2.05, 4.69) is 16.0 Å². The summed E-state index contributed by atoms with van der Waals surface area (Å²) in [6.07, 6.45) is 0. The van der Waals surface area contributed by atoms with Gasteiger partial charge in [0.15, 0.2) is 0 Å². The minimum atomic E-state index is -0.493. The number of imide groups is 1. The molecule has 17 heavy (non-hydrogen) atoms. The lowest BCUT2D eigenvalue weighted by atomic mass is 10.2. The van der Waals surface area contributed by atoms with E-state index < -0.39 is 12.1 Å². The SMILES string of the molecule is CNC(=O)NC(=O)C(C)N[C@@H](C)c1cccs1. The molecule has 1 unspecified atom stereocenters. The molecule has 0 saturated heterocycles. The second-order valence-corrected chi connectivity index (χ2v) is 4.67. The Balaban J connectivity index is 2.46. The Hall–Kier alpha value is -1.40. The van der Waals surface area contributed by atoms with E-state index in [1.165, 1.54) is 7.05 Å². The van der Waals surface area contributed by atoms with Crippen molar-refractivity contribution in [3.05, 3.63) is 22.4 Å². The second kappa shape index (κ2) is 6.36. The standard InChI is InChI=1S/C11H17N3O2S/c1-7(9-5-4-6-17-9)13-8(2)10(15)14-11(16)12-3/h4-8,13H,1-3H3,(H2,12,14,15,16)/t7-,8?/m0/s1. The van der Waals surface area contributed by atoms with Crippen LogP contribution in [-0.2, 0) is 4.79 Å². The maximum Gasteiger partial charge on any atom is 0.321 e. The van der Waals surface area contributed by atoms with Crippen LogP contribution >= 0.6 is 11.3 Å². The zero-order valence-electron chi connectivity index (χ0n) is 10.1. The predicted molar refractivity (Wildman–Crippen MR) is 67.9 cm³/mol. The lowest BCUT2D eigenvalue weighted by Crippen LogP contribution is -2.47. The fourth-order valence-electron chi connectivity index (χ4n) is 1.35. The molecule has 1 aromatic heterocycles. The second-order valence-electron chi connectivity index (χ2n) is 3.69. The molecule has 0 aromatic carbocycles. The number of nitrogens with one attached hydrogen (secondary N) is 3. The van der Waals surface area contributed by atoms with Gasteiger partial charge in [-0.25, -0.2) is 4.79 Å². The van der Waals surface area contributed by atoms with Gasteiger partial charge in [-0.1, -0.05) is 6.07 Å². The van der Waals surface area contributed by atoms with Gasteiger partial charge in [0.1, 0.15) is 0 Å². The molecule has 94 valence electrons. The van der Waals surface area contributed by atoms with E-state index in [4.69, 9.17) is 0 Å². The molecule has 0 radical (unpaired) electrons. The molecule has 3 amide bonds. The molecule has 3 N–H and O–H groups in total. The lowest BCUT2D eigenvalue weighted by molar-refractivity contribution is -0.121. The van der Waals surface area contributed by atoms with E-state index >= 15 is 0 Å². The highest BCUT2D eigenvalue weighted by Gasteiger charge is 2.18. The molecule has 0 fully saturated rings. The van der Waals surface area contributed by atoms with Crippen LogP contribution in [0.15, 0.2) is 17.5 Å². The zero-order valence-corrected chi connectivity index (χ0v) is 10.9. The first-order valence-electron chi connectivity index (χ1n) is 5.36. The van der Waals surface area contributed by atoms with Gasteiger partial charge in [0.05, 0.1) is 6.04 Å². The third-order valence-electron chi connectivity index (χ3n) is 2.33. The van der Waals surface area contributed by atoms with E-state index in [9.17, 15) is 9.59 Å². The summed E-state index contributed by atoms with van der Waals surface area (Å²) in [7, 11) is 1.47. The molecule has 1 aromatic rings. The molecule has 6 heteroatoms. The average Bonchev–Trinajstić information content (AvgIpc) is 2.82. The van der Waals surface area contributed by atoms with E-state index in [1.54, 1.807) is 18.3 Å². The van der Waals surface area contributed by atoms with E-state index in [0.717, 1.165) is 4.88 Å². The molecule has 0 spiro atoms. The van der Waals surface area contributed by atoms with Crippen molar-refractivity contribution in [1.29, 1.82) is 0 Å². The third-order valence-corrected chi connectivity index (χ3v) is 3.38. The summed E-state index contributed by atoms with van der Waals surface area (Å²) in [5, 5.41) is 9.69. The molecule has 0 saturated carbocycles. The number of carbonyl (C=O) groups excluding carboxylic acids is 2. The van der Waals surface area contributed by atoms with Crippen LogP contribution in [0.1, 0.15) is 24.8 Å². The van der Waals surface area contributed by atoms with Crippen LogP contribution < -0.4 is 16.0 Å². The molecule has 0 aliphatic carbocycles. The van der Waals surface area contributed by atoms with Crippen molar-refractivity contribution in [2.24, 2.45) is 0 Å². The van der Waals surface area contributed by atoms with Crippen LogP contribution in [0.3, 0.4) is 0 Å². The monoisotopic (exact) mass is 255 g/mol. The molecule has 0 bridgehead atoms. The first-order chi connectivity index (χ1) is 8.04. The van der Waals surface area contributed by atoms with Gasteiger partial charge in [-0.2, -0.15) is 0 Å². The van der Waals surface area contributed by atoms with Crippen LogP contribution in [0.2, 0.25) is 0 Å². The van der Waals surface area contributed by atoms with Crippen molar-refractivity contribution < 1.29 is 9.59 Å². The number of rotatable bonds is 4. The number of hydrogen-bond acceptors (Lipinski definition) is 4. The summed E-state index contributed by atoms with van der Waals surface area (Å²) in [5.74, 6) is -0.340. The fraction of sp³-hybridized carbons (Fsp3) is 0.455. The maximum absolute atomic E-state index is 11.6. The van der Waals surface area contributed by atoms with E-state index in [1.807, 2.05) is 24.4 Å². The van der Waals surface area contributed by atoms with Crippen molar-refractivity contribution in [2.75, 3.05) is 7.05 Å². The van der Waals surface area contributed by atoms with Crippen molar-refractivity contribution >= 4 is 23.3 Å². The van der Waals surface area contributed by atoms with Gasteiger partial charge in [0.2, 0.25) is 5.91 Å². The van der Waals surface area contributed by atoms with Gasteiger partial charge >= 0.3 is 6.03 Å². The van der Waals surface area contributed by atoms with Gasteiger partial charge in [0, 0.05) is 18.0 Å². The van der Waals surface area contributed by atoms with Crippen LogP contribution in [-0.4, -0.2) is 25.0 Å². The van der Waals surface area contributed by atoms with Crippen molar-refractivity contribution in [3.8, 4) is 0 Å². The first kappa shape index (κ1) is 13.7. The summed E-state index contributed by atoms with van der Waals surface area (Å²) < 4.78 is 0. The average molecular weight is 255 g/mol. The summed E-state index contributed by atoms with van der Waals surface area (Å²) >= 11 is 1.63. The molecule has 1 heterocycles. The summed E-state index contributed by atoms with van der Waals surface area (Å²) in [4.78, 5) is 23.7. The minimum absolute atomic E-state index is 0.0837. The van der Waals surface area contributed by atoms with E-state index in [0.29, 0.717) is 0 Å². The third kappa shape index (κ3) is 4.16. The number of thiophene rings is 1. The lowest BCUT2D eigenvalue weighted by Gasteiger charge is -2.18. The smallest absolute Gasteiger partial charge is 0.321 e. The predicted octanol–water partition coefficient (Wildman–Crippen LogP) is 1.24. The van der Waals surface area contributed by atoms with E-state index in [-0.39, 0.29) is 11.9 Å². The zero-order chi connectivity index (χ0) is 12.8. The first-order valence-corrected chi connectivity index (χ1v) is 6.24. The van der Waals surface area contributed by atoms with Gasteiger partial charge in [-0.05, 0) is 25.3 Å². The molecule has 1 rings (SSSR count). The summed E-state index contributed by atoms with van der Waals surface area (Å²) in [5.41, 5.74) is 0. The van der Waals surface area contributed by atoms with Gasteiger partial charge in [0.25, 0.3) is 0 Å². The van der Waals surface area contributed by atoms with Crippen molar-refractivity contribution in [1.82, 2.24) is 16.0 Å². The number of amides is 3. The van der Waals surface area contributed by atoms with Crippen molar-refractivity contribution in [2.45, 2.75) is 25.9 Å². The number of hydrogen-bond donors (Lipinski definition) is 3. The highest BCUT2D eigenvalue weighted by atomic mass is 32.1. The molecule has 5 nitrogen and oxygen atoms in total. The van der Waals surface area contributed by atoms with Crippen molar-refractivity contribution in [3.63, 3.8) is 0 Å². The molecular formula is C11H17N3O2S. The summed E-state index contributed by atoms with van der Waals surface area (Å²) in [6, 6.07) is 3.14. The largest absolute Gasteiger partial charge is 0.341 e. The minimum Gasteiger partial charge on any atom is -0.341 e. The van der Waals surface area contributed by atoms with Gasteiger partial charge < -0.3 is 5.32 Å². The highest BCUT2D eigenvalue weighted by molar-refractivity contribution is 7.10. The molecule has 0 aliphatic heterocycles. The van der Waals surface area contributed by atoms with Crippen LogP contribution in [0.4, 0.5) is 4.79 Å². The van der Waals surface area contributed by atoms with Crippen LogP contribution in [0, 0.1) is 0 Å². The molecule has 2 atom stereocenters. The Labute approximate surface area is 105 Å². The van der Waals surface area contributed by atoms with Crippen LogP contribution in [0.25, 0.3) is 0 Å². The Bertz CT molecular complexity index is 378. The fourth-order valence-corrected chi connectivity index (χ4v) is 2.10. The Morgan fingerprint density at radius 1 is 1.35 bits per heavy atom. The maximum atomic E-state index is 11.6. The molecular weight excluding hydrogens is 238 g/mol. The van der Waals surface area contributed by atoms with Gasteiger partial charge in [-0.15, -0.1) is 11.3 Å². The highest BCUT2D eigenvalue weighted by Crippen LogP contribution is 2.18. The normalized spacial score (nSPS) is 13.8. The number of urea groups is 1. The Morgan fingerprint density at radius 3 is 2.59 bits per heavy atom. The topological polar surface area (TPSA) is 70.2 Å².